The van der Waals surface area contributed by atoms with Crippen LogP contribution < -0.4 is 10.6 Å². The SMILES string of the molecule is CCc1ccc(C(C)(C)CNC(=NC)NCCN2CCS(=O)(=O)CC2)cc1. The van der Waals surface area contributed by atoms with Crippen LogP contribution in [0.25, 0.3) is 0 Å². The summed E-state index contributed by atoms with van der Waals surface area (Å²) in [6.07, 6.45) is 1.05. The van der Waals surface area contributed by atoms with Crippen LogP contribution in [0.1, 0.15) is 31.9 Å². The van der Waals surface area contributed by atoms with Gasteiger partial charge in [0.25, 0.3) is 0 Å². The first-order valence-electron chi connectivity index (χ1n) is 9.72. The molecule has 0 unspecified atom stereocenters. The quantitative estimate of drug-likeness (QED) is 0.541. The molecule has 2 rings (SSSR count). The summed E-state index contributed by atoms with van der Waals surface area (Å²) in [5.41, 5.74) is 2.65. The van der Waals surface area contributed by atoms with Gasteiger partial charge in [-0.3, -0.25) is 9.89 Å². The second kappa shape index (κ2) is 9.55. The molecule has 1 saturated heterocycles. The molecule has 0 aromatic heterocycles. The summed E-state index contributed by atoms with van der Waals surface area (Å²) >= 11 is 0. The number of guanidine groups is 1. The minimum absolute atomic E-state index is 0.00881. The van der Waals surface area contributed by atoms with E-state index in [0.29, 0.717) is 13.1 Å². The smallest absolute Gasteiger partial charge is 0.191 e. The minimum atomic E-state index is -2.82. The van der Waals surface area contributed by atoms with E-state index in [1.807, 2.05) is 0 Å². The van der Waals surface area contributed by atoms with E-state index in [1.165, 1.54) is 11.1 Å². The molecule has 1 aromatic carbocycles. The van der Waals surface area contributed by atoms with Crippen molar-refractivity contribution in [2.24, 2.45) is 4.99 Å². The van der Waals surface area contributed by atoms with Crippen LogP contribution in [0, 0.1) is 0 Å². The number of nitrogens with one attached hydrogen (secondary N) is 2. The fourth-order valence-electron chi connectivity index (χ4n) is 3.13. The third-order valence-electron chi connectivity index (χ3n) is 5.22. The zero-order valence-corrected chi connectivity index (χ0v) is 17.9. The van der Waals surface area contributed by atoms with E-state index in [9.17, 15) is 8.42 Å². The van der Waals surface area contributed by atoms with Gasteiger partial charge in [-0.15, -0.1) is 0 Å². The molecule has 6 nitrogen and oxygen atoms in total. The predicted molar refractivity (Wildman–Crippen MR) is 113 cm³/mol. The molecule has 0 atom stereocenters. The van der Waals surface area contributed by atoms with Crippen molar-refractivity contribution in [1.82, 2.24) is 15.5 Å². The van der Waals surface area contributed by atoms with E-state index < -0.39 is 9.84 Å². The van der Waals surface area contributed by atoms with Crippen LogP contribution in [-0.4, -0.2) is 70.6 Å². The fourth-order valence-corrected chi connectivity index (χ4v) is 4.40. The first kappa shape index (κ1) is 21.7. The molecule has 152 valence electrons. The second-order valence-corrected chi connectivity index (χ2v) is 10.1. The largest absolute Gasteiger partial charge is 0.356 e. The first-order valence-corrected chi connectivity index (χ1v) is 11.5. The maximum absolute atomic E-state index is 11.5. The van der Waals surface area contributed by atoms with Gasteiger partial charge < -0.3 is 10.6 Å². The Morgan fingerprint density at radius 2 is 1.78 bits per heavy atom. The summed E-state index contributed by atoms with van der Waals surface area (Å²) < 4.78 is 23.0. The van der Waals surface area contributed by atoms with Crippen molar-refractivity contribution in [3.63, 3.8) is 0 Å². The highest BCUT2D eigenvalue weighted by atomic mass is 32.2. The van der Waals surface area contributed by atoms with E-state index in [0.717, 1.165) is 32.0 Å². The van der Waals surface area contributed by atoms with Crippen molar-refractivity contribution in [2.45, 2.75) is 32.6 Å². The van der Waals surface area contributed by atoms with Crippen molar-refractivity contribution in [1.29, 1.82) is 0 Å². The molecule has 0 saturated carbocycles. The lowest BCUT2D eigenvalue weighted by molar-refractivity contribution is 0.299. The lowest BCUT2D eigenvalue weighted by Gasteiger charge is -2.28. The summed E-state index contributed by atoms with van der Waals surface area (Å²) in [5, 5.41) is 6.74. The second-order valence-electron chi connectivity index (χ2n) is 7.78. The Kier molecular flexibility index (Phi) is 7.68. The lowest BCUT2D eigenvalue weighted by atomic mass is 9.84. The Labute approximate surface area is 164 Å². The Balaban J connectivity index is 1.77. The summed E-state index contributed by atoms with van der Waals surface area (Å²) in [4.78, 5) is 6.48. The lowest BCUT2D eigenvalue weighted by Crippen LogP contribution is -2.47. The number of benzene rings is 1. The molecule has 0 radical (unpaired) electrons. The Morgan fingerprint density at radius 1 is 1.15 bits per heavy atom. The summed E-state index contributed by atoms with van der Waals surface area (Å²) in [6.45, 7) is 10.2. The van der Waals surface area contributed by atoms with E-state index in [-0.39, 0.29) is 16.9 Å². The number of nitrogens with zero attached hydrogens (tertiary/aromatic N) is 2. The number of aryl methyl sites for hydroxylation is 1. The highest BCUT2D eigenvalue weighted by molar-refractivity contribution is 7.91. The number of aliphatic imine (C=N–C) groups is 1. The Hall–Kier alpha value is -1.60. The molecule has 7 heteroatoms. The molecule has 1 aliphatic heterocycles. The molecule has 2 N–H and O–H groups in total. The molecular formula is C20H34N4O2S. The number of hydrogen-bond acceptors (Lipinski definition) is 4. The molecule has 0 aliphatic carbocycles. The van der Waals surface area contributed by atoms with Gasteiger partial charge in [0.05, 0.1) is 11.5 Å². The minimum Gasteiger partial charge on any atom is -0.356 e. The molecular weight excluding hydrogens is 360 g/mol. The van der Waals surface area contributed by atoms with Crippen molar-refractivity contribution in [3.8, 4) is 0 Å². The highest BCUT2D eigenvalue weighted by Crippen LogP contribution is 2.22. The molecule has 1 aliphatic rings. The van der Waals surface area contributed by atoms with Crippen molar-refractivity contribution in [3.05, 3.63) is 35.4 Å². The van der Waals surface area contributed by atoms with Crippen LogP contribution in [0.2, 0.25) is 0 Å². The Bertz CT molecular complexity index is 713. The molecule has 1 aromatic rings. The normalized spacial score (nSPS) is 18.3. The van der Waals surface area contributed by atoms with Gasteiger partial charge in [-0.2, -0.15) is 0 Å². The van der Waals surface area contributed by atoms with Crippen molar-refractivity contribution >= 4 is 15.8 Å². The van der Waals surface area contributed by atoms with Crippen LogP contribution in [-0.2, 0) is 21.7 Å². The molecule has 1 heterocycles. The number of hydrogen-bond donors (Lipinski definition) is 2. The molecule has 0 amide bonds. The maximum Gasteiger partial charge on any atom is 0.191 e. The van der Waals surface area contributed by atoms with E-state index in [4.69, 9.17) is 0 Å². The van der Waals surface area contributed by atoms with E-state index in [2.05, 4.69) is 65.6 Å². The average molecular weight is 395 g/mol. The third kappa shape index (κ3) is 6.81. The standard InChI is InChI=1S/C20H34N4O2S/c1-5-17-6-8-18(9-7-17)20(2,3)16-23-19(21-4)22-10-11-24-12-14-27(25,26)15-13-24/h6-9H,5,10-16H2,1-4H3,(H2,21,22,23). The van der Waals surface area contributed by atoms with Gasteiger partial charge in [0.15, 0.2) is 15.8 Å². The van der Waals surface area contributed by atoms with Gasteiger partial charge in [0.2, 0.25) is 0 Å². The zero-order chi connectivity index (χ0) is 19.9. The van der Waals surface area contributed by atoms with Gasteiger partial charge >= 0.3 is 0 Å². The average Bonchev–Trinajstić information content (AvgIpc) is 2.65. The monoisotopic (exact) mass is 394 g/mol. The molecule has 0 bridgehead atoms. The maximum atomic E-state index is 11.5. The van der Waals surface area contributed by atoms with Crippen molar-refractivity contribution < 1.29 is 8.42 Å². The summed E-state index contributed by atoms with van der Waals surface area (Å²) in [5.74, 6) is 1.31. The number of sulfone groups is 1. The summed E-state index contributed by atoms with van der Waals surface area (Å²) in [7, 11) is -1.05. The number of rotatable bonds is 7. The van der Waals surface area contributed by atoms with Crippen LogP contribution in [0.15, 0.2) is 29.3 Å². The fraction of sp³-hybridized carbons (Fsp3) is 0.650. The van der Waals surface area contributed by atoms with Crippen LogP contribution in [0.3, 0.4) is 0 Å². The van der Waals surface area contributed by atoms with Crippen LogP contribution in [0.5, 0.6) is 0 Å². The first-order chi connectivity index (χ1) is 12.8. The zero-order valence-electron chi connectivity index (χ0n) is 17.1. The summed E-state index contributed by atoms with van der Waals surface area (Å²) in [6, 6.07) is 8.81. The topological polar surface area (TPSA) is 73.8 Å². The highest BCUT2D eigenvalue weighted by Gasteiger charge is 2.22. The third-order valence-corrected chi connectivity index (χ3v) is 6.83. The Morgan fingerprint density at radius 3 is 2.33 bits per heavy atom. The van der Waals surface area contributed by atoms with E-state index >= 15 is 0 Å². The van der Waals surface area contributed by atoms with Crippen LogP contribution >= 0.6 is 0 Å². The molecule has 1 fully saturated rings. The van der Waals surface area contributed by atoms with Crippen LogP contribution in [0.4, 0.5) is 0 Å². The predicted octanol–water partition coefficient (Wildman–Crippen LogP) is 1.42. The van der Waals surface area contributed by atoms with Gasteiger partial charge in [-0.1, -0.05) is 45.0 Å². The molecule has 0 spiro atoms. The van der Waals surface area contributed by atoms with Crippen molar-refractivity contribution in [2.75, 3.05) is 51.3 Å². The van der Waals surface area contributed by atoms with Gasteiger partial charge in [-0.05, 0) is 17.5 Å². The van der Waals surface area contributed by atoms with Gasteiger partial charge in [0.1, 0.15) is 0 Å². The molecule has 27 heavy (non-hydrogen) atoms. The van der Waals surface area contributed by atoms with Gasteiger partial charge in [0, 0.05) is 45.2 Å². The van der Waals surface area contributed by atoms with Gasteiger partial charge in [-0.25, -0.2) is 8.42 Å². The van der Waals surface area contributed by atoms with E-state index in [1.54, 1.807) is 7.05 Å².